The minimum atomic E-state index is -0.613. The number of nitrogens with zero attached hydrogens (tertiary/aromatic N) is 3. The number of rotatable bonds is 4. The third-order valence-electron chi connectivity index (χ3n) is 5.02. The molecule has 3 heterocycles. The lowest BCUT2D eigenvalue weighted by atomic mass is 10.0. The fourth-order valence-corrected chi connectivity index (χ4v) is 3.47. The molecule has 1 aliphatic carbocycles. The summed E-state index contributed by atoms with van der Waals surface area (Å²) >= 11 is 0. The normalized spacial score (nSPS) is 14.8. The lowest BCUT2D eigenvalue weighted by molar-refractivity contribution is -0.143. The molecule has 0 aliphatic heterocycles. The SMILES string of the molecule is COC(=O)C1(c2cccc(-c3cn(C)c4cnc(NC(C)=O)cc34)n2)CC1. The zero-order chi connectivity index (χ0) is 19.2. The van der Waals surface area contributed by atoms with Gasteiger partial charge in [0, 0.05) is 31.1 Å². The van der Waals surface area contributed by atoms with Crippen molar-refractivity contribution >= 4 is 28.6 Å². The van der Waals surface area contributed by atoms with Crippen molar-refractivity contribution < 1.29 is 14.3 Å². The molecule has 0 saturated heterocycles. The number of hydrogen-bond donors (Lipinski definition) is 1. The van der Waals surface area contributed by atoms with Gasteiger partial charge in [-0.15, -0.1) is 0 Å². The van der Waals surface area contributed by atoms with E-state index in [-0.39, 0.29) is 11.9 Å². The second kappa shape index (κ2) is 6.19. The maximum absolute atomic E-state index is 12.2. The zero-order valence-electron chi connectivity index (χ0n) is 15.4. The van der Waals surface area contributed by atoms with E-state index < -0.39 is 5.41 Å². The summed E-state index contributed by atoms with van der Waals surface area (Å²) in [5.41, 5.74) is 2.75. The molecule has 0 unspecified atom stereocenters. The molecule has 3 aromatic heterocycles. The molecule has 0 bridgehead atoms. The molecule has 0 radical (unpaired) electrons. The molecule has 1 fully saturated rings. The van der Waals surface area contributed by atoms with Gasteiger partial charge < -0.3 is 14.6 Å². The molecular weight excluding hydrogens is 344 g/mol. The Labute approximate surface area is 156 Å². The van der Waals surface area contributed by atoms with Crippen molar-refractivity contribution in [2.75, 3.05) is 12.4 Å². The van der Waals surface area contributed by atoms with E-state index in [0.29, 0.717) is 5.82 Å². The number of nitrogens with one attached hydrogen (secondary N) is 1. The molecule has 1 N–H and O–H groups in total. The smallest absolute Gasteiger partial charge is 0.317 e. The Kier molecular flexibility index (Phi) is 3.95. The second-order valence-corrected chi connectivity index (χ2v) is 6.90. The van der Waals surface area contributed by atoms with Gasteiger partial charge in [-0.1, -0.05) is 6.07 Å². The quantitative estimate of drug-likeness (QED) is 0.720. The van der Waals surface area contributed by atoms with Crippen molar-refractivity contribution in [1.82, 2.24) is 14.5 Å². The Morgan fingerprint density at radius 2 is 2.07 bits per heavy atom. The second-order valence-electron chi connectivity index (χ2n) is 6.90. The summed E-state index contributed by atoms with van der Waals surface area (Å²) in [6, 6.07) is 7.55. The van der Waals surface area contributed by atoms with Crippen LogP contribution in [-0.2, 0) is 26.8 Å². The molecule has 7 nitrogen and oxygen atoms in total. The fourth-order valence-electron chi connectivity index (χ4n) is 3.47. The van der Waals surface area contributed by atoms with E-state index in [1.807, 2.05) is 42.1 Å². The van der Waals surface area contributed by atoms with E-state index >= 15 is 0 Å². The maximum Gasteiger partial charge on any atom is 0.317 e. The molecule has 27 heavy (non-hydrogen) atoms. The summed E-state index contributed by atoms with van der Waals surface area (Å²) in [6.07, 6.45) is 5.21. The summed E-state index contributed by atoms with van der Waals surface area (Å²) < 4.78 is 6.94. The average molecular weight is 364 g/mol. The molecule has 4 rings (SSSR count). The molecule has 0 atom stereocenters. The summed E-state index contributed by atoms with van der Waals surface area (Å²) in [5.74, 6) is 0.0854. The predicted octanol–water partition coefficient (Wildman–Crippen LogP) is 2.80. The number of ether oxygens (including phenoxy) is 1. The highest BCUT2D eigenvalue weighted by Crippen LogP contribution is 2.48. The van der Waals surface area contributed by atoms with E-state index in [9.17, 15) is 9.59 Å². The van der Waals surface area contributed by atoms with Gasteiger partial charge >= 0.3 is 5.97 Å². The number of aryl methyl sites for hydroxylation is 1. The van der Waals surface area contributed by atoms with E-state index in [1.54, 1.807) is 6.20 Å². The van der Waals surface area contributed by atoms with Crippen molar-refractivity contribution in [3.05, 3.63) is 42.4 Å². The highest BCUT2D eigenvalue weighted by Gasteiger charge is 2.54. The standard InChI is InChI=1S/C20H20N4O3/c1-12(25)22-18-9-13-14(11-24(2)16(13)10-21-18)15-5-4-6-17(23-15)20(7-8-20)19(26)27-3/h4-6,9-11H,7-8H2,1-3H3,(H,21,22,25). The summed E-state index contributed by atoms with van der Waals surface area (Å²) in [5, 5.41) is 3.65. The van der Waals surface area contributed by atoms with E-state index in [4.69, 9.17) is 9.72 Å². The molecule has 1 amide bonds. The Hall–Kier alpha value is -3.22. The van der Waals surface area contributed by atoms with Crippen LogP contribution in [0.5, 0.6) is 0 Å². The third kappa shape index (κ3) is 2.85. The Morgan fingerprint density at radius 3 is 2.74 bits per heavy atom. The van der Waals surface area contributed by atoms with Crippen LogP contribution in [-0.4, -0.2) is 33.5 Å². The van der Waals surface area contributed by atoms with Gasteiger partial charge in [0.1, 0.15) is 11.2 Å². The minimum Gasteiger partial charge on any atom is -0.468 e. The summed E-state index contributed by atoms with van der Waals surface area (Å²) in [6.45, 7) is 1.45. The average Bonchev–Trinajstić information content (AvgIpc) is 3.41. The number of pyridine rings is 2. The lowest BCUT2D eigenvalue weighted by Crippen LogP contribution is -2.23. The van der Waals surface area contributed by atoms with Crippen LogP contribution in [0.1, 0.15) is 25.5 Å². The first-order valence-electron chi connectivity index (χ1n) is 8.73. The van der Waals surface area contributed by atoms with Gasteiger partial charge in [0.25, 0.3) is 0 Å². The summed E-state index contributed by atoms with van der Waals surface area (Å²) in [4.78, 5) is 32.6. The van der Waals surface area contributed by atoms with Gasteiger partial charge in [0.15, 0.2) is 0 Å². The highest BCUT2D eigenvalue weighted by molar-refractivity contribution is 5.98. The van der Waals surface area contributed by atoms with E-state index in [0.717, 1.165) is 40.7 Å². The van der Waals surface area contributed by atoms with Crippen molar-refractivity contribution in [1.29, 1.82) is 0 Å². The zero-order valence-corrected chi connectivity index (χ0v) is 15.4. The molecular formula is C20H20N4O3. The predicted molar refractivity (Wildman–Crippen MR) is 101 cm³/mol. The van der Waals surface area contributed by atoms with Crippen molar-refractivity contribution in [2.45, 2.75) is 25.2 Å². The Bertz CT molecular complexity index is 1070. The van der Waals surface area contributed by atoms with Crippen LogP contribution in [0.3, 0.4) is 0 Å². The monoisotopic (exact) mass is 364 g/mol. The number of hydrogen-bond acceptors (Lipinski definition) is 5. The number of fused-ring (bicyclic) bond motifs is 1. The van der Waals surface area contributed by atoms with Crippen LogP contribution in [0.15, 0.2) is 36.7 Å². The molecule has 3 aromatic rings. The van der Waals surface area contributed by atoms with Crippen LogP contribution in [0, 0.1) is 0 Å². The lowest BCUT2D eigenvalue weighted by Gasteiger charge is -2.13. The van der Waals surface area contributed by atoms with Crippen LogP contribution >= 0.6 is 0 Å². The first-order chi connectivity index (χ1) is 12.9. The van der Waals surface area contributed by atoms with Crippen LogP contribution in [0.2, 0.25) is 0 Å². The molecule has 1 saturated carbocycles. The van der Waals surface area contributed by atoms with Crippen LogP contribution in [0.25, 0.3) is 22.2 Å². The van der Waals surface area contributed by atoms with Crippen molar-refractivity contribution in [3.8, 4) is 11.3 Å². The number of esters is 1. The Morgan fingerprint density at radius 1 is 1.30 bits per heavy atom. The fraction of sp³-hybridized carbons (Fsp3) is 0.300. The Balaban J connectivity index is 1.82. The summed E-state index contributed by atoms with van der Waals surface area (Å²) in [7, 11) is 3.35. The van der Waals surface area contributed by atoms with Gasteiger partial charge in [0.05, 0.1) is 30.2 Å². The van der Waals surface area contributed by atoms with Crippen LogP contribution < -0.4 is 5.32 Å². The van der Waals surface area contributed by atoms with Gasteiger partial charge in [-0.25, -0.2) is 4.98 Å². The molecule has 0 spiro atoms. The minimum absolute atomic E-state index is 0.173. The first kappa shape index (κ1) is 17.2. The first-order valence-corrected chi connectivity index (χ1v) is 8.73. The van der Waals surface area contributed by atoms with E-state index in [1.165, 1.54) is 14.0 Å². The number of methoxy groups -OCH3 is 1. The van der Waals surface area contributed by atoms with Gasteiger partial charge in [-0.2, -0.15) is 0 Å². The topological polar surface area (TPSA) is 86.1 Å². The number of carbonyl (C=O) groups is 2. The number of aromatic nitrogens is 3. The maximum atomic E-state index is 12.2. The van der Waals surface area contributed by atoms with Crippen LogP contribution in [0.4, 0.5) is 5.82 Å². The van der Waals surface area contributed by atoms with Crippen molar-refractivity contribution in [2.24, 2.45) is 7.05 Å². The number of carbonyl (C=O) groups excluding carboxylic acids is 2. The number of anilines is 1. The number of amides is 1. The van der Waals surface area contributed by atoms with Gasteiger partial charge in [0.2, 0.25) is 5.91 Å². The molecule has 0 aromatic carbocycles. The van der Waals surface area contributed by atoms with Gasteiger partial charge in [-0.3, -0.25) is 14.6 Å². The third-order valence-corrected chi connectivity index (χ3v) is 5.02. The van der Waals surface area contributed by atoms with Crippen molar-refractivity contribution in [3.63, 3.8) is 0 Å². The van der Waals surface area contributed by atoms with Gasteiger partial charge in [-0.05, 0) is 31.0 Å². The van der Waals surface area contributed by atoms with E-state index in [2.05, 4.69) is 10.3 Å². The molecule has 138 valence electrons. The molecule has 7 heteroatoms. The molecule has 1 aliphatic rings. The largest absolute Gasteiger partial charge is 0.468 e. The highest BCUT2D eigenvalue weighted by atomic mass is 16.5.